The quantitative estimate of drug-likeness (QED) is 0.769. The molecule has 0 radical (unpaired) electrons. The fraction of sp³-hybridized carbons (Fsp3) is 0.333. The van der Waals surface area contributed by atoms with E-state index in [1.54, 1.807) is 0 Å². The number of benzene rings is 2. The first kappa shape index (κ1) is 15.6. The van der Waals surface area contributed by atoms with Crippen LogP contribution in [-0.4, -0.2) is 18.3 Å². The maximum Gasteiger partial charge on any atom is 0.494 e. The van der Waals surface area contributed by atoms with Crippen LogP contribution in [0.3, 0.4) is 0 Å². The highest BCUT2D eigenvalue weighted by Gasteiger charge is 2.51. The largest absolute Gasteiger partial charge is 0.494 e. The Hall–Kier alpha value is -1.29. The molecule has 0 spiro atoms. The molecule has 0 atom stereocenters. The summed E-state index contributed by atoms with van der Waals surface area (Å²) >= 11 is 6.09. The summed E-state index contributed by atoms with van der Waals surface area (Å²) in [7, 11) is -0.343. The summed E-state index contributed by atoms with van der Waals surface area (Å²) in [4.78, 5) is 0. The zero-order valence-electron chi connectivity index (χ0n) is 13.4. The molecular weight excluding hydrogens is 294 g/mol. The van der Waals surface area contributed by atoms with E-state index in [9.17, 15) is 0 Å². The van der Waals surface area contributed by atoms with E-state index in [0.29, 0.717) is 0 Å². The Morgan fingerprint density at radius 1 is 0.818 bits per heavy atom. The SMILES string of the molecule is CC1(C)OB(c2cccc(-c3cccc(Cl)c3)c2)OC1(C)C. The van der Waals surface area contributed by atoms with Crippen LogP contribution in [0.5, 0.6) is 0 Å². The van der Waals surface area contributed by atoms with Crippen molar-refractivity contribution in [1.82, 2.24) is 0 Å². The molecule has 1 saturated heterocycles. The second-order valence-electron chi connectivity index (χ2n) is 6.72. The van der Waals surface area contributed by atoms with E-state index < -0.39 is 0 Å². The van der Waals surface area contributed by atoms with Gasteiger partial charge in [0.1, 0.15) is 0 Å². The monoisotopic (exact) mass is 314 g/mol. The van der Waals surface area contributed by atoms with Crippen molar-refractivity contribution in [3.05, 3.63) is 53.6 Å². The van der Waals surface area contributed by atoms with Gasteiger partial charge in [0.25, 0.3) is 0 Å². The Kier molecular flexibility index (Phi) is 3.84. The average molecular weight is 315 g/mol. The minimum atomic E-state index is -0.343. The molecule has 0 N–H and O–H groups in total. The van der Waals surface area contributed by atoms with E-state index >= 15 is 0 Å². The van der Waals surface area contributed by atoms with Gasteiger partial charge in [0, 0.05) is 5.02 Å². The van der Waals surface area contributed by atoms with Crippen molar-refractivity contribution >= 4 is 24.2 Å². The molecule has 2 aromatic rings. The molecule has 0 amide bonds. The summed E-state index contributed by atoms with van der Waals surface area (Å²) in [5.41, 5.74) is 2.56. The Morgan fingerprint density at radius 2 is 1.36 bits per heavy atom. The van der Waals surface area contributed by atoms with Crippen molar-refractivity contribution in [3.63, 3.8) is 0 Å². The first-order valence-corrected chi connectivity index (χ1v) is 7.88. The van der Waals surface area contributed by atoms with Crippen molar-refractivity contribution in [1.29, 1.82) is 0 Å². The lowest BCUT2D eigenvalue weighted by Crippen LogP contribution is -2.41. The third-order valence-corrected chi connectivity index (χ3v) is 4.81. The molecule has 1 aliphatic heterocycles. The van der Waals surface area contributed by atoms with Gasteiger partial charge in [-0.25, -0.2) is 0 Å². The molecule has 0 aromatic heterocycles. The van der Waals surface area contributed by atoms with Gasteiger partial charge in [-0.15, -0.1) is 0 Å². The highest BCUT2D eigenvalue weighted by molar-refractivity contribution is 6.62. The molecule has 22 heavy (non-hydrogen) atoms. The minimum absolute atomic E-state index is 0.330. The summed E-state index contributed by atoms with van der Waals surface area (Å²) < 4.78 is 12.2. The smallest absolute Gasteiger partial charge is 0.399 e. The summed E-state index contributed by atoms with van der Waals surface area (Å²) in [6.45, 7) is 8.25. The fourth-order valence-corrected chi connectivity index (χ4v) is 2.70. The molecule has 1 heterocycles. The van der Waals surface area contributed by atoms with Crippen LogP contribution >= 0.6 is 11.6 Å². The molecule has 2 nitrogen and oxygen atoms in total. The summed E-state index contributed by atoms with van der Waals surface area (Å²) in [5.74, 6) is 0. The minimum Gasteiger partial charge on any atom is -0.399 e. The van der Waals surface area contributed by atoms with Gasteiger partial charge >= 0.3 is 7.12 Å². The lowest BCUT2D eigenvalue weighted by Gasteiger charge is -2.32. The number of hydrogen-bond acceptors (Lipinski definition) is 2. The first-order chi connectivity index (χ1) is 10.3. The van der Waals surface area contributed by atoms with E-state index in [2.05, 4.69) is 45.9 Å². The van der Waals surface area contributed by atoms with Crippen molar-refractivity contribution in [2.75, 3.05) is 0 Å². The van der Waals surface area contributed by atoms with E-state index in [-0.39, 0.29) is 18.3 Å². The van der Waals surface area contributed by atoms with E-state index in [1.807, 2.05) is 30.3 Å². The Balaban J connectivity index is 1.93. The van der Waals surface area contributed by atoms with Crippen LogP contribution < -0.4 is 5.46 Å². The molecule has 1 aliphatic rings. The molecular formula is C18H20BClO2. The lowest BCUT2D eigenvalue weighted by molar-refractivity contribution is 0.00578. The molecule has 0 aliphatic carbocycles. The first-order valence-electron chi connectivity index (χ1n) is 7.50. The van der Waals surface area contributed by atoms with Crippen molar-refractivity contribution in [2.45, 2.75) is 38.9 Å². The number of hydrogen-bond donors (Lipinski definition) is 0. The Labute approximate surface area is 137 Å². The highest BCUT2D eigenvalue weighted by Crippen LogP contribution is 2.36. The van der Waals surface area contributed by atoms with Crippen LogP contribution in [-0.2, 0) is 9.31 Å². The van der Waals surface area contributed by atoms with Crippen LogP contribution in [0.15, 0.2) is 48.5 Å². The zero-order chi connectivity index (χ0) is 16.0. The van der Waals surface area contributed by atoms with Gasteiger partial charge in [0.2, 0.25) is 0 Å². The number of rotatable bonds is 2. The second kappa shape index (κ2) is 5.41. The summed E-state index contributed by atoms with van der Waals surface area (Å²) in [6.07, 6.45) is 0. The van der Waals surface area contributed by atoms with Crippen LogP contribution in [0, 0.1) is 0 Å². The molecule has 0 saturated carbocycles. The highest BCUT2D eigenvalue weighted by atomic mass is 35.5. The average Bonchev–Trinajstić information content (AvgIpc) is 2.68. The van der Waals surface area contributed by atoms with E-state index in [4.69, 9.17) is 20.9 Å². The Bertz CT molecular complexity index is 681. The lowest BCUT2D eigenvalue weighted by atomic mass is 9.78. The third kappa shape index (κ3) is 2.81. The molecule has 2 aromatic carbocycles. The molecule has 0 unspecified atom stereocenters. The van der Waals surface area contributed by atoms with Crippen LogP contribution in [0.4, 0.5) is 0 Å². The molecule has 4 heteroatoms. The van der Waals surface area contributed by atoms with Gasteiger partial charge < -0.3 is 9.31 Å². The van der Waals surface area contributed by atoms with Gasteiger partial charge in [-0.1, -0.05) is 48.0 Å². The van der Waals surface area contributed by atoms with Crippen LogP contribution in [0.1, 0.15) is 27.7 Å². The molecule has 3 rings (SSSR count). The van der Waals surface area contributed by atoms with Crippen molar-refractivity contribution < 1.29 is 9.31 Å². The second-order valence-corrected chi connectivity index (χ2v) is 7.16. The van der Waals surface area contributed by atoms with Crippen LogP contribution in [0.2, 0.25) is 5.02 Å². The van der Waals surface area contributed by atoms with Gasteiger partial charge in [0.05, 0.1) is 11.2 Å². The normalized spacial score (nSPS) is 19.4. The van der Waals surface area contributed by atoms with Gasteiger partial charge in [-0.2, -0.15) is 0 Å². The van der Waals surface area contributed by atoms with Gasteiger partial charge in [-0.05, 0) is 56.4 Å². The molecule has 1 fully saturated rings. The van der Waals surface area contributed by atoms with Crippen molar-refractivity contribution in [2.24, 2.45) is 0 Å². The maximum atomic E-state index is 6.12. The fourth-order valence-electron chi connectivity index (χ4n) is 2.51. The summed E-state index contributed by atoms with van der Waals surface area (Å²) in [5, 5.41) is 0.735. The standard InChI is InChI=1S/C18H20BClO2/c1-17(2)18(3,4)22-19(21-17)15-9-5-7-13(11-15)14-8-6-10-16(20)12-14/h5-12H,1-4H3. The maximum absolute atomic E-state index is 6.12. The van der Waals surface area contributed by atoms with Crippen molar-refractivity contribution in [3.8, 4) is 11.1 Å². The third-order valence-electron chi connectivity index (χ3n) is 4.57. The Morgan fingerprint density at radius 3 is 1.95 bits per heavy atom. The summed E-state index contributed by atoms with van der Waals surface area (Å²) in [6, 6.07) is 16.1. The van der Waals surface area contributed by atoms with Gasteiger partial charge in [0.15, 0.2) is 0 Å². The number of halogens is 1. The van der Waals surface area contributed by atoms with Gasteiger partial charge in [-0.3, -0.25) is 0 Å². The van der Waals surface area contributed by atoms with E-state index in [1.165, 1.54) is 0 Å². The predicted octanol–water partition coefficient (Wildman–Crippen LogP) is 4.31. The van der Waals surface area contributed by atoms with Crippen LogP contribution in [0.25, 0.3) is 11.1 Å². The molecule has 114 valence electrons. The van der Waals surface area contributed by atoms with E-state index in [0.717, 1.165) is 21.6 Å². The predicted molar refractivity (Wildman–Crippen MR) is 92.6 cm³/mol. The topological polar surface area (TPSA) is 18.5 Å². The zero-order valence-corrected chi connectivity index (χ0v) is 14.1. The molecule has 0 bridgehead atoms.